The summed E-state index contributed by atoms with van der Waals surface area (Å²) < 4.78 is 27.8. The van der Waals surface area contributed by atoms with E-state index in [1.54, 1.807) is 24.3 Å². The number of hydrogen-bond acceptors (Lipinski definition) is 3. The molecule has 1 fully saturated rings. The highest BCUT2D eigenvalue weighted by Gasteiger charge is 2.28. The summed E-state index contributed by atoms with van der Waals surface area (Å²) in [5.74, 6) is 0. The van der Waals surface area contributed by atoms with E-state index >= 15 is 0 Å². The molecule has 1 aliphatic heterocycles. The van der Waals surface area contributed by atoms with Gasteiger partial charge in [0, 0.05) is 52.8 Å². The zero-order valence-electron chi connectivity index (χ0n) is 13.3. The van der Waals surface area contributed by atoms with Gasteiger partial charge in [0.25, 0.3) is 0 Å². The predicted octanol–water partition coefficient (Wildman–Crippen LogP) is 4.26. The zero-order chi connectivity index (χ0) is 18.0. The fraction of sp³-hybridized carbons (Fsp3) is 0.294. The first kappa shape index (κ1) is 19.1. The van der Waals surface area contributed by atoms with Crippen LogP contribution >= 0.6 is 39.1 Å². The third-order valence-electron chi connectivity index (χ3n) is 4.23. The van der Waals surface area contributed by atoms with Gasteiger partial charge in [-0.25, -0.2) is 8.42 Å². The Morgan fingerprint density at radius 3 is 2.04 bits per heavy atom. The average Bonchev–Trinajstić information content (AvgIpc) is 2.59. The van der Waals surface area contributed by atoms with Gasteiger partial charge in [0.2, 0.25) is 10.0 Å². The van der Waals surface area contributed by atoms with Gasteiger partial charge in [-0.15, -0.1) is 0 Å². The second kappa shape index (κ2) is 7.94. The Bertz CT molecular complexity index is 831. The monoisotopic (exact) mass is 462 g/mol. The summed E-state index contributed by atoms with van der Waals surface area (Å²) in [6.07, 6.45) is 0. The highest BCUT2D eigenvalue weighted by molar-refractivity contribution is 9.10. The van der Waals surface area contributed by atoms with Crippen molar-refractivity contribution in [3.05, 3.63) is 62.5 Å². The topological polar surface area (TPSA) is 40.6 Å². The second-order valence-corrected chi connectivity index (χ2v) is 9.50. The Morgan fingerprint density at radius 1 is 0.920 bits per heavy atom. The number of halogens is 3. The van der Waals surface area contributed by atoms with Crippen LogP contribution in [0.5, 0.6) is 0 Å². The average molecular weight is 464 g/mol. The van der Waals surface area contributed by atoms with Crippen LogP contribution in [-0.4, -0.2) is 43.8 Å². The molecule has 0 aliphatic carbocycles. The van der Waals surface area contributed by atoms with Crippen LogP contribution in [0.15, 0.2) is 51.8 Å². The van der Waals surface area contributed by atoms with Crippen molar-refractivity contribution in [1.82, 2.24) is 9.21 Å². The number of piperazine rings is 1. The van der Waals surface area contributed by atoms with E-state index in [4.69, 9.17) is 23.2 Å². The molecule has 0 saturated carbocycles. The molecule has 2 aromatic rings. The van der Waals surface area contributed by atoms with E-state index in [0.717, 1.165) is 10.0 Å². The van der Waals surface area contributed by atoms with Gasteiger partial charge < -0.3 is 0 Å². The molecule has 0 atom stereocenters. The third-order valence-corrected chi connectivity index (χ3v) is 7.38. The summed E-state index contributed by atoms with van der Waals surface area (Å²) in [6.45, 7) is 2.78. The van der Waals surface area contributed by atoms with Gasteiger partial charge in [-0.3, -0.25) is 4.90 Å². The predicted molar refractivity (Wildman–Crippen MR) is 105 cm³/mol. The number of sulfonamides is 1. The number of benzene rings is 2. The third kappa shape index (κ3) is 4.38. The summed E-state index contributed by atoms with van der Waals surface area (Å²) in [4.78, 5) is 2.49. The lowest BCUT2D eigenvalue weighted by molar-refractivity contribution is 0.181. The van der Waals surface area contributed by atoms with Crippen molar-refractivity contribution in [1.29, 1.82) is 0 Å². The molecule has 1 aliphatic rings. The van der Waals surface area contributed by atoms with Crippen molar-refractivity contribution in [3.63, 3.8) is 0 Å². The molecule has 1 saturated heterocycles. The summed E-state index contributed by atoms with van der Waals surface area (Å²) in [5.41, 5.74) is 0.884. The molecule has 0 N–H and O–H groups in total. The minimum absolute atomic E-state index is 0.318. The lowest BCUT2D eigenvalue weighted by Crippen LogP contribution is -2.48. The molecule has 1 heterocycles. The number of hydrogen-bond donors (Lipinski definition) is 0. The molecule has 3 rings (SSSR count). The smallest absolute Gasteiger partial charge is 0.243 e. The molecule has 134 valence electrons. The highest BCUT2D eigenvalue weighted by Crippen LogP contribution is 2.27. The van der Waals surface area contributed by atoms with Crippen molar-refractivity contribution >= 4 is 49.2 Å². The normalized spacial score (nSPS) is 16.9. The van der Waals surface area contributed by atoms with E-state index in [2.05, 4.69) is 20.8 Å². The quantitative estimate of drug-likeness (QED) is 0.679. The molecular weight excluding hydrogens is 447 g/mol. The van der Waals surface area contributed by atoms with Crippen LogP contribution in [0, 0.1) is 0 Å². The molecule has 25 heavy (non-hydrogen) atoms. The van der Waals surface area contributed by atoms with Crippen LogP contribution in [0.2, 0.25) is 10.0 Å². The van der Waals surface area contributed by atoms with Crippen molar-refractivity contribution in [3.8, 4) is 0 Å². The first-order chi connectivity index (χ1) is 11.9. The Hall–Kier alpha value is -0.630. The van der Waals surface area contributed by atoms with Gasteiger partial charge >= 0.3 is 0 Å². The van der Waals surface area contributed by atoms with Gasteiger partial charge in [-0.05, 0) is 36.4 Å². The van der Waals surface area contributed by atoms with E-state index in [-0.39, 0.29) is 0 Å². The second-order valence-electron chi connectivity index (χ2n) is 5.83. The maximum atomic E-state index is 12.7. The molecule has 0 amide bonds. The fourth-order valence-corrected chi connectivity index (χ4v) is 4.99. The summed E-state index contributed by atoms with van der Waals surface area (Å²) in [5, 5.41) is 1.27. The first-order valence-corrected chi connectivity index (χ1v) is 10.8. The van der Waals surface area contributed by atoms with Crippen LogP contribution in [0.3, 0.4) is 0 Å². The van der Waals surface area contributed by atoms with E-state index < -0.39 is 10.0 Å². The van der Waals surface area contributed by atoms with Gasteiger partial charge in [0.15, 0.2) is 0 Å². The van der Waals surface area contributed by atoms with Crippen LogP contribution < -0.4 is 0 Å². The van der Waals surface area contributed by atoms with Crippen molar-refractivity contribution in [2.75, 3.05) is 26.2 Å². The standard InChI is InChI=1S/C17H17BrCl2N2O2S/c18-13-4-6-14(7-5-13)25(23,24)22-10-8-21(9-11-22)12-15-16(19)2-1-3-17(15)20/h1-7H,8-12H2. The fourth-order valence-electron chi connectivity index (χ4n) is 2.79. The van der Waals surface area contributed by atoms with Crippen LogP contribution in [0.1, 0.15) is 5.56 Å². The lowest BCUT2D eigenvalue weighted by atomic mass is 10.2. The maximum Gasteiger partial charge on any atom is 0.243 e. The van der Waals surface area contributed by atoms with E-state index in [1.165, 1.54) is 4.31 Å². The van der Waals surface area contributed by atoms with E-state index in [1.807, 2.05) is 18.2 Å². The number of nitrogens with zero attached hydrogens (tertiary/aromatic N) is 2. The van der Waals surface area contributed by atoms with Crippen LogP contribution in [0.25, 0.3) is 0 Å². The van der Waals surface area contributed by atoms with Crippen LogP contribution in [-0.2, 0) is 16.6 Å². The molecule has 0 unspecified atom stereocenters. The van der Waals surface area contributed by atoms with Crippen molar-refractivity contribution in [2.24, 2.45) is 0 Å². The SMILES string of the molecule is O=S(=O)(c1ccc(Br)cc1)N1CCN(Cc2c(Cl)cccc2Cl)CC1. The highest BCUT2D eigenvalue weighted by atomic mass is 79.9. The van der Waals surface area contributed by atoms with Crippen molar-refractivity contribution < 1.29 is 8.42 Å². The first-order valence-electron chi connectivity index (χ1n) is 7.79. The summed E-state index contributed by atoms with van der Waals surface area (Å²) >= 11 is 15.8. The molecule has 0 bridgehead atoms. The molecule has 0 aromatic heterocycles. The van der Waals surface area contributed by atoms with Gasteiger partial charge in [0.05, 0.1) is 4.90 Å². The largest absolute Gasteiger partial charge is 0.296 e. The van der Waals surface area contributed by atoms with Crippen molar-refractivity contribution in [2.45, 2.75) is 11.4 Å². The number of rotatable bonds is 4. The molecular formula is C17H17BrCl2N2O2S. The summed E-state index contributed by atoms with van der Waals surface area (Å²) in [6, 6.07) is 12.2. The summed E-state index contributed by atoms with van der Waals surface area (Å²) in [7, 11) is -3.46. The Labute approximate surface area is 166 Å². The molecule has 4 nitrogen and oxygen atoms in total. The molecule has 0 radical (unpaired) electrons. The van der Waals surface area contributed by atoms with E-state index in [0.29, 0.717) is 47.7 Å². The molecule has 8 heteroatoms. The minimum Gasteiger partial charge on any atom is -0.296 e. The van der Waals surface area contributed by atoms with Gasteiger partial charge in [-0.1, -0.05) is 45.2 Å². The Morgan fingerprint density at radius 2 is 1.48 bits per heavy atom. The Kier molecular flexibility index (Phi) is 6.08. The van der Waals surface area contributed by atoms with Gasteiger partial charge in [-0.2, -0.15) is 4.31 Å². The van der Waals surface area contributed by atoms with E-state index in [9.17, 15) is 8.42 Å². The van der Waals surface area contributed by atoms with Gasteiger partial charge in [0.1, 0.15) is 0 Å². The molecule has 0 spiro atoms. The minimum atomic E-state index is -3.46. The lowest BCUT2D eigenvalue weighted by Gasteiger charge is -2.34. The maximum absolute atomic E-state index is 12.7. The van der Waals surface area contributed by atoms with Crippen LogP contribution in [0.4, 0.5) is 0 Å². The Balaban J connectivity index is 1.66. The molecule has 2 aromatic carbocycles. The zero-order valence-corrected chi connectivity index (χ0v) is 17.2.